The Kier molecular flexibility index (Phi) is 3.79. The molecule has 1 aliphatic carbocycles. The van der Waals surface area contributed by atoms with Gasteiger partial charge in [0.1, 0.15) is 17.5 Å². The van der Waals surface area contributed by atoms with Crippen LogP contribution in [0.4, 0.5) is 0 Å². The zero-order valence-corrected chi connectivity index (χ0v) is 10.4. The number of nitrogens with zero attached hydrogens (tertiary/aromatic N) is 2. The van der Waals surface area contributed by atoms with Gasteiger partial charge in [-0.1, -0.05) is 41.6 Å². The largest absolute Gasteiger partial charge is 0.494 e. The summed E-state index contributed by atoms with van der Waals surface area (Å²) in [5, 5.41) is 21.3. The van der Waals surface area contributed by atoms with Crippen LogP contribution in [0.25, 0.3) is 5.57 Å². The highest BCUT2D eigenvalue weighted by atomic mass is 16.5. The van der Waals surface area contributed by atoms with Crippen LogP contribution in [0.15, 0.2) is 65.0 Å². The molecule has 94 valence electrons. The third kappa shape index (κ3) is 2.55. The maximum absolute atomic E-state index is 9.32. The summed E-state index contributed by atoms with van der Waals surface area (Å²) in [6, 6.07) is 11.6. The summed E-state index contributed by atoms with van der Waals surface area (Å²) in [4.78, 5) is 0. The molecule has 0 radical (unpaired) electrons. The fraction of sp³-hybridized carbons (Fsp3) is 0.0667. The lowest BCUT2D eigenvalue weighted by Gasteiger charge is -2.11. The molecule has 0 atom stereocenters. The van der Waals surface area contributed by atoms with Crippen LogP contribution in [0.3, 0.4) is 0 Å². The van der Waals surface area contributed by atoms with Crippen molar-refractivity contribution in [3.63, 3.8) is 0 Å². The molecule has 0 spiro atoms. The standard InChI is InChI=1S/C15H12N2O2/c1-19-15-9-12(7-8-14(15)17-18)13(10-16)11-5-3-2-4-6-11/h2-9,18H,1H3/b13-12+,17-14+. The molecule has 2 rings (SSSR count). The number of nitriles is 1. The van der Waals surface area contributed by atoms with Gasteiger partial charge in [-0.25, -0.2) is 0 Å². The second kappa shape index (κ2) is 5.69. The molecule has 1 aromatic carbocycles. The van der Waals surface area contributed by atoms with Crippen molar-refractivity contribution in [2.75, 3.05) is 7.11 Å². The third-order valence-electron chi connectivity index (χ3n) is 2.75. The Morgan fingerprint density at radius 2 is 2.00 bits per heavy atom. The van der Waals surface area contributed by atoms with Crippen LogP contribution in [-0.2, 0) is 4.74 Å². The van der Waals surface area contributed by atoms with Crippen LogP contribution in [0.1, 0.15) is 5.56 Å². The van der Waals surface area contributed by atoms with E-state index in [9.17, 15) is 5.26 Å². The number of benzene rings is 1. The molecule has 0 saturated carbocycles. The van der Waals surface area contributed by atoms with E-state index >= 15 is 0 Å². The van der Waals surface area contributed by atoms with E-state index in [0.717, 1.165) is 11.1 Å². The Labute approximate surface area is 111 Å². The molecule has 4 heteroatoms. The van der Waals surface area contributed by atoms with Gasteiger partial charge in [0.15, 0.2) is 0 Å². The lowest BCUT2D eigenvalue weighted by atomic mass is 9.97. The van der Waals surface area contributed by atoms with Crippen molar-refractivity contribution >= 4 is 11.3 Å². The van der Waals surface area contributed by atoms with Crippen molar-refractivity contribution < 1.29 is 9.94 Å². The number of allylic oxidation sites excluding steroid dienone is 5. The van der Waals surface area contributed by atoms with Crippen molar-refractivity contribution in [2.24, 2.45) is 5.16 Å². The number of hydrogen-bond donors (Lipinski definition) is 1. The number of oxime groups is 1. The van der Waals surface area contributed by atoms with Gasteiger partial charge in [0.25, 0.3) is 0 Å². The maximum Gasteiger partial charge on any atom is 0.148 e. The van der Waals surface area contributed by atoms with Crippen molar-refractivity contribution in [1.29, 1.82) is 5.26 Å². The summed E-state index contributed by atoms with van der Waals surface area (Å²) < 4.78 is 5.13. The highest BCUT2D eigenvalue weighted by Crippen LogP contribution is 2.24. The van der Waals surface area contributed by atoms with Gasteiger partial charge >= 0.3 is 0 Å². The first-order valence-corrected chi connectivity index (χ1v) is 5.66. The van der Waals surface area contributed by atoms with Crippen LogP contribution < -0.4 is 0 Å². The minimum atomic E-state index is 0.330. The predicted octanol–water partition coefficient (Wildman–Crippen LogP) is 2.89. The number of ether oxygens (including phenoxy) is 1. The molecule has 4 nitrogen and oxygen atoms in total. The van der Waals surface area contributed by atoms with Crippen LogP contribution in [-0.4, -0.2) is 18.0 Å². The van der Waals surface area contributed by atoms with Gasteiger partial charge in [0.2, 0.25) is 0 Å². The molecule has 0 bridgehead atoms. The average molecular weight is 252 g/mol. The van der Waals surface area contributed by atoms with Crippen LogP contribution >= 0.6 is 0 Å². The zero-order chi connectivity index (χ0) is 13.7. The Bertz CT molecular complexity index is 632. The molecule has 0 aromatic heterocycles. The summed E-state index contributed by atoms with van der Waals surface area (Å²) in [5.74, 6) is 0.420. The van der Waals surface area contributed by atoms with E-state index < -0.39 is 0 Å². The summed E-state index contributed by atoms with van der Waals surface area (Å²) in [7, 11) is 1.49. The van der Waals surface area contributed by atoms with E-state index in [2.05, 4.69) is 11.2 Å². The summed E-state index contributed by atoms with van der Waals surface area (Å²) in [6.07, 6.45) is 5.01. The summed E-state index contributed by atoms with van der Waals surface area (Å²) >= 11 is 0. The highest BCUT2D eigenvalue weighted by molar-refractivity contribution is 6.09. The SMILES string of the molecule is COC1=CC(=C(\C#N)c2ccccc2)/C=CC/1=N\O. The van der Waals surface area contributed by atoms with E-state index in [-0.39, 0.29) is 0 Å². The van der Waals surface area contributed by atoms with Gasteiger partial charge in [0.05, 0.1) is 12.7 Å². The van der Waals surface area contributed by atoms with E-state index in [1.165, 1.54) is 7.11 Å². The first kappa shape index (κ1) is 12.7. The van der Waals surface area contributed by atoms with Crippen molar-refractivity contribution in [2.45, 2.75) is 0 Å². The molecule has 0 amide bonds. The summed E-state index contributed by atoms with van der Waals surface area (Å²) in [6.45, 7) is 0. The molecule has 0 unspecified atom stereocenters. The molecule has 0 aliphatic heterocycles. The monoisotopic (exact) mass is 252 g/mol. The third-order valence-corrected chi connectivity index (χ3v) is 2.75. The molecular weight excluding hydrogens is 240 g/mol. The number of hydrogen-bond acceptors (Lipinski definition) is 4. The Balaban J connectivity index is 2.53. The molecule has 1 aliphatic rings. The Hall–Kier alpha value is -2.80. The van der Waals surface area contributed by atoms with E-state index in [0.29, 0.717) is 17.0 Å². The zero-order valence-electron chi connectivity index (χ0n) is 10.4. The van der Waals surface area contributed by atoms with Gasteiger partial charge < -0.3 is 9.94 Å². The minimum absolute atomic E-state index is 0.330. The Morgan fingerprint density at radius 1 is 1.26 bits per heavy atom. The topological polar surface area (TPSA) is 65.6 Å². The van der Waals surface area contributed by atoms with Gasteiger partial charge in [-0.05, 0) is 23.3 Å². The van der Waals surface area contributed by atoms with Gasteiger partial charge in [-0.3, -0.25) is 0 Å². The predicted molar refractivity (Wildman–Crippen MR) is 72.4 cm³/mol. The normalized spacial score (nSPS) is 18.7. The van der Waals surface area contributed by atoms with Crippen molar-refractivity contribution in [3.8, 4) is 6.07 Å². The Morgan fingerprint density at radius 3 is 2.58 bits per heavy atom. The van der Waals surface area contributed by atoms with Crippen molar-refractivity contribution in [3.05, 3.63) is 65.5 Å². The van der Waals surface area contributed by atoms with Gasteiger partial charge in [0, 0.05) is 0 Å². The van der Waals surface area contributed by atoms with Gasteiger partial charge in [-0.15, -0.1) is 0 Å². The number of rotatable bonds is 2. The molecule has 1 aromatic rings. The first-order chi connectivity index (χ1) is 9.30. The van der Waals surface area contributed by atoms with Crippen molar-refractivity contribution in [1.82, 2.24) is 0 Å². The molecule has 19 heavy (non-hydrogen) atoms. The second-order valence-electron chi connectivity index (χ2n) is 3.84. The fourth-order valence-corrected chi connectivity index (χ4v) is 1.82. The molecule has 0 heterocycles. The quantitative estimate of drug-likeness (QED) is 0.500. The smallest absolute Gasteiger partial charge is 0.148 e. The fourth-order valence-electron chi connectivity index (χ4n) is 1.82. The minimum Gasteiger partial charge on any atom is -0.494 e. The summed E-state index contributed by atoms with van der Waals surface area (Å²) in [5.41, 5.74) is 2.43. The van der Waals surface area contributed by atoms with Crippen LogP contribution in [0.2, 0.25) is 0 Å². The maximum atomic E-state index is 9.32. The molecule has 1 N–H and O–H groups in total. The second-order valence-corrected chi connectivity index (χ2v) is 3.84. The lowest BCUT2D eigenvalue weighted by Crippen LogP contribution is -2.06. The number of methoxy groups -OCH3 is 1. The highest BCUT2D eigenvalue weighted by Gasteiger charge is 2.14. The lowest BCUT2D eigenvalue weighted by molar-refractivity contribution is 0.295. The van der Waals surface area contributed by atoms with E-state index in [4.69, 9.17) is 9.94 Å². The average Bonchev–Trinajstić information content (AvgIpc) is 2.49. The molecule has 0 saturated heterocycles. The molecular formula is C15H12N2O2. The van der Waals surface area contributed by atoms with E-state index in [1.807, 2.05) is 30.3 Å². The van der Waals surface area contributed by atoms with Crippen LogP contribution in [0, 0.1) is 11.3 Å². The van der Waals surface area contributed by atoms with Gasteiger partial charge in [-0.2, -0.15) is 5.26 Å². The molecule has 0 fully saturated rings. The van der Waals surface area contributed by atoms with Crippen LogP contribution in [0.5, 0.6) is 0 Å². The van der Waals surface area contributed by atoms with E-state index in [1.54, 1.807) is 18.2 Å². The first-order valence-electron chi connectivity index (χ1n) is 5.66.